The summed E-state index contributed by atoms with van der Waals surface area (Å²) in [5.74, 6) is -0.542. The largest absolute Gasteiger partial charge is 0.355 e. The fourth-order valence-electron chi connectivity index (χ4n) is 3.29. The van der Waals surface area contributed by atoms with Gasteiger partial charge >= 0.3 is 0 Å². The molecule has 0 fully saturated rings. The van der Waals surface area contributed by atoms with Gasteiger partial charge in [0.05, 0.1) is 11.3 Å². The van der Waals surface area contributed by atoms with Crippen LogP contribution in [0, 0.1) is 17.0 Å². The van der Waals surface area contributed by atoms with E-state index < -0.39 is 11.0 Å². The van der Waals surface area contributed by atoms with Gasteiger partial charge in [0.2, 0.25) is 11.8 Å². The van der Waals surface area contributed by atoms with Gasteiger partial charge in [-0.3, -0.25) is 19.7 Å². The lowest BCUT2D eigenvalue weighted by molar-refractivity contribution is -0.385. The van der Waals surface area contributed by atoms with Crippen molar-refractivity contribution in [3.63, 3.8) is 0 Å². The standard InChI is InChI=1S/C22H27N3O4/c1-4-19(22(27)23-5-2)24(15-18-12-7-6-10-16(18)3)21(26)14-17-11-8-9-13-20(17)25(28)29/h6-13,19H,4-5,14-15H2,1-3H3,(H,23,27)/t19-/m1/s1. The van der Waals surface area contributed by atoms with Gasteiger partial charge in [0.15, 0.2) is 0 Å². The molecule has 0 saturated carbocycles. The van der Waals surface area contributed by atoms with Crippen molar-refractivity contribution < 1.29 is 14.5 Å². The number of para-hydroxylation sites is 1. The van der Waals surface area contributed by atoms with E-state index >= 15 is 0 Å². The average molecular weight is 397 g/mol. The molecule has 2 aromatic carbocycles. The van der Waals surface area contributed by atoms with E-state index in [9.17, 15) is 19.7 Å². The Kier molecular flexibility index (Phi) is 7.88. The molecule has 7 heteroatoms. The molecule has 2 amide bonds. The molecule has 154 valence electrons. The Bertz CT molecular complexity index is 882. The normalized spacial score (nSPS) is 11.6. The van der Waals surface area contributed by atoms with Crippen LogP contribution in [0.15, 0.2) is 48.5 Å². The number of rotatable bonds is 9. The predicted molar refractivity (Wildman–Crippen MR) is 111 cm³/mol. The number of aryl methyl sites for hydroxylation is 1. The first-order chi connectivity index (χ1) is 13.9. The van der Waals surface area contributed by atoms with E-state index in [0.29, 0.717) is 18.5 Å². The maximum atomic E-state index is 13.2. The smallest absolute Gasteiger partial charge is 0.273 e. The first kappa shape index (κ1) is 22.1. The highest BCUT2D eigenvalue weighted by molar-refractivity contribution is 5.88. The van der Waals surface area contributed by atoms with Crippen LogP contribution in [0.3, 0.4) is 0 Å². The molecule has 0 aromatic heterocycles. The molecule has 7 nitrogen and oxygen atoms in total. The summed E-state index contributed by atoms with van der Waals surface area (Å²) in [6, 6.07) is 13.2. The summed E-state index contributed by atoms with van der Waals surface area (Å²) < 4.78 is 0. The van der Waals surface area contributed by atoms with Gasteiger partial charge in [-0.05, 0) is 31.4 Å². The highest BCUT2D eigenvalue weighted by atomic mass is 16.6. The van der Waals surface area contributed by atoms with Crippen molar-refractivity contribution in [1.29, 1.82) is 0 Å². The second kappa shape index (κ2) is 10.4. The predicted octanol–water partition coefficient (Wildman–Crippen LogP) is 3.39. The molecule has 0 bridgehead atoms. The van der Waals surface area contributed by atoms with Crippen molar-refractivity contribution in [3.05, 3.63) is 75.3 Å². The number of nitrogens with zero attached hydrogens (tertiary/aromatic N) is 2. The van der Waals surface area contributed by atoms with E-state index in [1.807, 2.05) is 45.0 Å². The van der Waals surface area contributed by atoms with Gasteiger partial charge in [0, 0.05) is 24.7 Å². The second-order valence-electron chi connectivity index (χ2n) is 6.83. The van der Waals surface area contributed by atoms with Gasteiger partial charge in [-0.2, -0.15) is 0 Å². The molecular weight excluding hydrogens is 370 g/mol. The monoisotopic (exact) mass is 397 g/mol. The third-order valence-electron chi connectivity index (χ3n) is 4.87. The number of hydrogen-bond donors (Lipinski definition) is 1. The van der Waals surface area contributed by atoms with E-state index in [4.69, 9.17) is 0 Å². The number of hydrogen-bond acceptors (Lipinski definition) is 4. The zero-order valence-electron chi connectivity index (χ0n) is 17.1. The molecule has 0 unspecified atom stereocenters. The maximum Gasteiger partial charge on any atom is 0.273 e. The topological polar surface area (TPSA) is 92.6 Å². The zero-order chi connectivity index (χ0) is 21.4. The number of carbonyl (C=O) groups is 2. The van der Waals surface area contributed by atoms with Crippen LogP contribution in [-0.2, 0) is 22.6 Å². The quantitative estimate of drug-likeness (QED) is 0.518. The molecule has 2 aromatic rings. The lowest BCUT2D eigenvalue weighted by Gasteiger charge is -2.31. The van der Waals surface area contributed by atoms with Crippen LogP contribution in [0.2, 0.25) is 0 Å². The van der Waals surface area contributed by atoms with Crippen LogP contribution in [0.5, 0.6) is 0 Å². The van der Waals surface area contributed by atoms with E-state index in [1.54, 1.807) is 18.2 Å². The van der Waals surface area contributed by atoms with Crippen LogP contribution in [0.4, 0.5) is 5.69 Å². The Hall–Kier alpha value is -3.22. The van der Waals surface area contributed by atoms with Crippen molar-refractivity contribution in [1.82, 2.24) is 10.2 Å². The third-order valence-corrected chi connectivity index (χ3v) is 4.87. The van der Waals surface area contributed by atoms with Crippen LogP contribution < -0.4 is 5.32 Å². The Morgan fingerprint density at radius 3 is 2.28 bits per heavy atom. The van der Waals surface area contributed by atoms with E-state index in [1.165, 1.54) is 11.0 Å². The summed E-state index contributed by atoms with van der Waals surface area (Å²) in [6.45, 7) is 6.36. The molecule has 0 saturated heterocycles. The lowest BCUT2D eigenvalue weighted by atomic mass is 10.0. The van der Waals surface area contributed by atoms with Gasteiger partial charge in [-0.1, -0.05) is 49.4 Å². The molecular formula is C22H27N3O4. The van der Waals surface area contributed by atoms with E-state index in [2.05, 4.69) is 5.32 Å². The molecule has 0 spiro atoms. The minimum Gasteiger partial charge on any atom is -0.355 e. The molecule has 1 atom stereocenters. The number of amides is 2. The number of nitro benzene ring substituents is 1. The summed E-state index contributed by atoms with van der Waals surface area (Å²) >= 11 is 0. The minimum atomic E-state index is -0.648. The molecule has 0 aliphatic carbocycles. The van der Waals surface area contributed by atoms with E-state index in [-0.39, 0.29) is 30.5 Å². The van der Waals surface area contributed by atoms with Crippen molar-refractivity contribution in [2.45, 2.75) is 46.2 Å². The Morgan fingerprint density at radius 1 is 1.07 bits per heavy atom. The number of nitrogens with one attached hydrogen (secondary N) is 1. The maximum absolute atomic E-state index is 13.2. The van der Waals surface area contributed by atoms with Crippen LogP contribution in [-0.4, -0.2) is 34.2 Å². The minimum absolute atomic E-state index is 0.0947. The summed E-state index contributed by atoms with van der Waals surface area (Å²) in [7, 11) is 0. The first-order valence-corrected chi connectivity index (χ1v) is 9.73. The molecule has 1 N–H and O–H groups in total. The van der Waals surface area contributed by atoms with Gasteiger partial charge in [-0.15, -0.1) is 0 Å². The summed E-state index contributed by atoms with van der Waals surface area (Å²) in [5, 5.41) is 14.1. The van der Waals surface area contributed by atoms with Crippen LogP contribution >= 0.6 is 0 Å². The number of nitro groups is 1. The highest BCUT2D eigenvalue weighted by Crippen LogP contribution is 2.21. The van der Waals surface area contributed by atoms with Gasteiger partial charge in [-0.25, -0.2) is 0 Å². The Balaban J connectivity index is 2.38. The van der Waals surface area contributed by atoms with E-state index in [0.717, 1.165) is 11.1 Å². The molecule has 0 heterocycles. The zero-order valence-corrected chi connectivity index (χ0v) is 17.1. The van der Waals surface area contributed by atoms with Crippen molar-refractivity contribution in [2.75, 3.05) is 6.54 Å². The molecule has 0 aliphatic heterocycles. The second-order valence-corrected chi connectivity index (χ2v) is 6.83. The molecule has 2 rings (SSSR count). The van der Waals surface area contributed by atoms with Crippen LogP contribution in [0.1, 0.15) is 37.0 Å². The molecule has 0 radical (unpaired) electrons. The fraction of sp³-hybridized carbons (Fsp3) is 0.364. The Labute approximate surface area is 170 Å². The number of likely N-dealkylation sites (N-methyl/N-ethyl adjacent to an activating group) is 1. The molecule has 0 aliphatic rings. The lowest BCUT2D eigenvalue weighted by Crippen LogP contribution is -2.49. The summed E-state index contributed by atoms with van der Waals surface area (Å²) in [4.78, 5) is 38.2. The van der Waals surface area contributed by atoms with Crippen molar-refractivity contribution >= 4 is 17.5 Å². The van der Waals surface area contributed by atoms with Gasteiger partial charge < -0.3 is 10.2 Å². The summed E-state index contributed by atoms with van der Waals surface area (Å²) in [5.41, 5.74) is 2.19. The van der Waals surface area contributed by atoms with Crippen molar-refractivity contribution in [3.8, 4) is 0 Å². The number of benzene rings is 2. The fourth-order valence-corrected chi connectivity index (χ4v) is 3.29. The number of carbonyl (C=O) groups excluding carboxylic acids is 2. The third kappa shape index (κ3) is 5.63. The van der Waals surface area contributed by atoms with Crippen LogP contribution in [0.25, 0.3) is 0 Å². The van der Waals surface area contributed by atoms with Gasteiger partial charge in [0.1, 0.15) is 6.04 Å². The van der Waals surface area contributed by atoms with Crippen molar-refractivity contribution in [2.24, 2.45) is 0 Å². The first-order valence-electron chi connectivity index (χ1n) is 9.73. The highest BCUT2D eigenvalue weighted by Gasteiger charge is 2.29. The Morgan fingerprint density at radius 2 is 1.69 bits per heavy atom. The average Bonchev–Trinajstić information content (AvgIpc) is 2.69. The summed E-state index contributed by atoms with van der Waals surface area (Å²) in [6.07, 6.45) is 0.305. The molecule has 29 heavy (non-hydrogen) atoms. The van der Waals surface area contributed by atoms with Gasteiger partial charge in [0.25, 0.3) is 5.69 Å². The SMILES string of the molecule is CCNC(=O)[C@@H](CC)N(Cc1ccccc1C)C(=O)Cc1ccccc1[N+](=O)[O-].